The average molecular weight is 384 g/mol. The maximum absolute atomic E-state index is 12.4. The minimum absolute atomic E-state index is 0. The van der Waals surface area contributed by atoms with Crippen molar-refractivity contribution in [1.29, 1.82) is 0 Å². The molecule has 2 heterocycles. The molecule has 1 N–H and O–H groups in total. The van der Waals surface area contributed by atoms with Crippen LogP contribution in [0.1, 0.15) is 39.5 Å². The van der Waals surface area contributed by atoms with Crippen LogP contribution in [-0.4, -0.2) is 74.2 Å². The summed E-state index contributed by atoms with van der Waals surface area (Å²) < 4.78 is 5.47. The molecule has 0 aromatic heterocycles. The first kappa shape index (κ1) is 23.9. The van der Waals surface area contributed by atoms with E-state index < -0.39 is 0 Å². The smallest absolute Gasteiger partial charge is 0.222 e. The van der Waals surface area contributed by atoms with Crippen LogP contribution in [0, 0.1) is 5.92 Å². The summed E-state index contributed by atoms with van der Waals surface area (Å²) in [6, 6.07) is 0.492. The second-order valence-corrected chi connectivity index (χ2v) is 6.53. The van der Waals surface area contributed by atoms with Crippen molar-refractivity contribution < 1.29 is 9.53 Å². The summed E-state index contributed by atoms with van der Waals surface area (Å²) in [5.74, 6) is 1.06. The summed E-state index contributed by atoms with van der Waals surface area (Å²) in [6.07, 6.45) is 4.10. The van der Waals surface area contributed by atoms with Gasteiger partial charge < -0.3 is 15.0 Å². The molecule has 0 spiro atoms. The second-order valence-electron chi connectivity index (χ2n) is 6.53. The Morgan fingerprint density at radius 3 is 2.67 bits per heavy atom. The van der Waals surface area contributed by atoms with Crippen LogP contribution in [0.3, 0.4) is 0 Å². The van der Waals surface area contributed by atoms with E-state index in [4.69, 9.17) is 4.74 Å². The Bertz CT molecular complexity index is 342. The monoisotopic (exact) mass is 383 g/mol. The third-order valence-electron chi connectivity index (χ3n) is 5.08. The number of piperazine rings is 1. The van der Waals surface area contributed by atoms with Gasteiger partial charge in [-0.25, -0.2) is 0 Å². The van der Waals surface area contributed by atoms with E-state index in [2.05, 4.69) is 22.0 Å². The molecule has 2 rings (SSSR count). The standard InChI is InChI=1S/C17H33N3O2.2ClH/c1-3-16-14-20(10-9-19(16)11-12-22-4-2)17(21)6-5-15-7-8-18-13-15;;/h15-16,18H,3-14H2,1-2H3;2*1H. The van der Waals surface area contributed by atoms with Crippen molar-refractivity contribution in [3.8, 4) is 0 Å². The third-order valence-corrected chi connectivity index (χ3v) is 5.08. The van der Waals surface area contributed by atoms with E-state index in [1.807, 2.05) is 6.92 Å². The first-order valence-electron chi connectivity index (χ1n) is 9.04. The predicted octanol–water partition coefficient (Wildman–Crippen LogP) is 2.18. The lowest BCUT2D eigenvalue weighted by atomic mass is 10.0. The van der Waals surface area contributed by atoms with Crippen molar-refractivity contribution in [2.45, 2.75) is 45.6 Å². The van der Waals surface area contributed by atoms with Gasteiger partial charge in [-0.15, -0.1) is 24.8 Å². The Hall–Kier alpha value is -0.0700. The number of hydrogen-bond acceptors (Lipinski definition) is 4. The third kappa shape index (κ3) is 7.44. The van der Waals surface area contributed by atoms with E-state index in [1.165, 1.54) is 6.42 Å². The second kappa shape index (κ2) is 13.2. The number of amides is 1. The fraction of sp³-hybridized carbons (Fsp3) is 0.941. The maximum Gasteiger partial charge on any atom is 0.222 e. The van der Waals surface area contributed by atoms with Crippen LogP contribution >= 0.6 is 24.8 Å². The largest absolute Gasteiger partial charge is 0.380 e. The highest BCUT2D eigenvalue weighted by molar-refractivity contribution is 5.85. The molecule has 0 aliphatic carbocycles. The van der Waals surface area contributed by atoms with Crippen molar-refractivity contribution in [3.63, 3.8) is 0 Å². The topological polar surface area (TPSA) is 44.8 Å². The fourth-order valence-corrected chi connectivity index (χ4v) is 3.57. The lowest BCUT2D eigenvalue weighted by Crippen LogP contribution is -2.55. The minimum atomic E-state index is 0. The van der Waals surface area contributed by atoms with Gasteiger partial charge in [0.25, 0.3) is 0 Å². The van der Waals surface area contributed by atoms with Gasteiger partial charge in [-0.2, -0.15) is 0 Å². The zero-order valence-electron chi connectivity index (χ0n) is 15.2. The van der Waals surface area contributed by atoms with Crippen molar-refractivity contribution in [1.82, 2.24) is 15.1 Å². The summed E-state index contributed by atoms with van der Waals surface area (Å²) in [7, 11) is 0. The average Bonchev–Trinajstić information content (AvgIpc) is 3.06. The summed E-state index contributed by atoms with van der Waals surface area (Å²) in [6.45, 7) is 11.8. The molecule has 144 valence electrons. The molecule has 2 atom stereocenters. The van der Waals surface area contributed by atoms with Crippen LogP contribution < -0.4 is 5.32 Å². The lowest BCUT2D eigenvalue weighted by Gasteiger charge is -2.41. The molecule has 0 saturated carbocycles. The highest BCUT2D eigenvalue weighted by Gasteiger charge is 2.28. The van der Waals surface area contributed by atoms with E-state index in [9.17, 15) is 4.79 Å². The summed E-state index contributed by atoms with van der Waals surface area (Å²) >= 11 is 0. The number of nitrogens with one attached hydrogen (secondary N) is 1. The van der Waals surface area contributed by atoms with Crippen molar-refractivity contribution in [2.75, 3.05) is 52.5 Å². The van der Waals surface area contributed by atoms with Gasteiger partial charge in [0.2, 0.25) is 5.91 Å². The van der Waals surface area contributed by atoms with Crippen LogP contribution in [0.5, 0.6) is 0 Å². The fourth-order valence-electron chi connectivity index (χ4n) is 3.57. The van der Waals surface area contributed by atoms with E-state index in [-0.39, 0.29) is 24.8 Å². The van der Waals surface area contributed by atoms with Gasteiger partial charge in [0, 0.05) is 45.2 Å². The van der Waals surface area contributed by atoms with Gasteiger partial charge in [0.05, 0.1) is 6.61 Å². The predicted molar refractivity (Wildman–Crippen MR) is 103 cm³/mol. The molecule has 5 nitrogen and oxygen atoms in total. The normalized spacial score (nSPS) is 24.3. The summed E-state index contributed by atoms with van der Waals surface area (Å²) in [5.41, 5.74) is 0. The molecule has 7 heteroatoms. The number of carbonyl (C=O) groups excluding carboxylic acids is 1. The molecule has 2 unspecified atom stereocenters. The Balaban J connectivity index is 0.00000264. The SMILES string of the molecule is CCOCCN1CCN(C(=O)CCC2CCNC2)CC1CC.Cl.Cl. The van der Waals surface area contributed by atoms with Crippen molar-refractivity contribution >= 4 is 30.7 Å². The molecule has 24 heavy (non-hydrogen) atoms. The molecule has 2 saturated heterocycles. The number of halogens is 2. The molecule has 0 bridgehead atoms. The molecular weight excluding hydrogens is 349 g/mol. The Morgan fingerprint density at radius 2 is 2.04 bits per heavy atom. The van der Waals surface area contributed by atoms with Crippen LogP contribution in [0.15, 0.2) is 0 Å². The zero-order chi connectivity index (χ0) is 15.8. The quantitative estimate of drug-likeness (QED) is 0.652. The number of rotatable bonds is 8. The van der Waals surface area contributed by atoms with Gasteiger partial charge >= 0.3 is 0 Å². The van der Waals surface area contributed by atoms with E-state index >= 15 is 0 Å². The number of hydrogen-bond donors (Lipinski definition) is 1. The number of ether oxygens (including phenoxy) is 1. The summed E-state index contributed by atoms with van der Waals surface area (Å²) in [4.78, 5) is 17.0. The van der Waals surface area contributed by atoms with Gasteiger partial charge in [-0.1, -0.05) is 6.92 Å². The van der Waals surface area contributed by atoms with Crippen molar-refractivity contribution in [2.24, 2.45) is 5.92 Å². The highest BCUT2D eigenvalue weighted by Crippen LogP contribution is 2.18. The van der Waals surface area contributed by atoms with Crippen LogP contribution in [0.4, 0.5) is 0 Å². The highest BCUT2D eigenvalue weighted by atomic mass is 35.5. The first-order chi connectivity index (χ1) is 10.7. The number of carbonyl (C=O) groups is 1. The molecular formula is C17H35Cl2N3O2. The van der Waals surface area contributed by atoms with Crippen LogP contribution in [0.2, 0.25) is 0 Å². The molecule has 0 radical (unpaired) electrons. The van der Waals surface area contributed by atoms with E-state index in [1.54, 1.807) is 0 Å². The minimum Gasteiger partial charge on any atom is -0.380 e. The first-order valence-corrected chi connectivity index (χ1v) is 9.04. The Kier molecular flexibility index (Phi) is 13.1. The van der Waals surface area contributed by atoms with Crippen LogP contribution in [0.25, 0.3) is 0 Å². The van der Waals surface area contributed by atoms with E-state index in [0.717, 1.165) is 71.7 Å². The van der Waals surface area contributed by atoms with Gasteiger partial charge in [-0.3, -0.25) is 9.69 Å². The van der Waals surface area contributed by atoms with Gasteiger partial charge in [-0.05, 0) is 45.2 Å². The molecule has 2 aliphatic rings. The van der Waals surface area contributed by atoms with Crippen LogP contribution in [-0.2, 0) is 9.53 Å². The lowest BCUT2D eigenvalue weighted by molar-refractivity contribution is -0.134. The Morgan fingerprint density at radius 1 is 1.25 bits per heavy atom. The van der Waals surface area contributed by atoms with Gasteiger partial charge in [0.1, 0.15) is 0 Å². The van der Waals surface area contributed by atoms with E-state index in [0.29, 0.717) is 17.9 Å². The Labute approximate surface area is 159 Å². The molecule has 1 amide bonds. The zero-order valence-corrected chi connectivity index (χ0v) is 16.8. The van der Waals surface area contributed by atoms with Gasteiger partial charge in [0.15, 0.2) is 0 Å². The molecule has 0 aromatic carbocycles. The maximum atomic E-state index is 12.4. The molecule has 0 aromatic rings. The van der Waals surface area contributed by atoms with Crippen molar-refractivity contribution in [3.05, 3.63) is 0 Å². The number of nitrogens with zero attached hydrogens (tertiary/aromatic N) is 2. The summed E-state index contributed by atoms with van der Waals surface area (Å²) in [5, 5.41) is 3.38. The molecule has 2 fully saturated rings. The molecule has 2 aliphatic heterocycles.